The Labute approximate surface area is 120 Å². The Morgan fingerprint density at radius 3 is 2.35 bits per heavy atom. The monoisotopic (exact) mass is 277 g/mol. The predicted octanol–water partition coefficient (Wildman–Crippen LogP) is 3.48. The van der Waals surface area contributed by atoms with Crippen molar-refractivity contribution in [3.05, 3.63) is 35.9 Å². The van der Waals surface area contributed by atoms with Crippen LogP contribution >= 0.6 is 0 Å². The number of alkyl carbamates (subject to hydrolysis) is 1. The molecule has 4 nitrogen and oxygen atoms in total. The lowest BCUT2D eigenvalue weighted by molar-refractivity contribution is -0.112. The van der Waals surface area contributed by atoms with Crippen LogP contribution in [-0.2, 0) is 9.53 Å². The van der Waals surface area contributed by atoms with Crippen LogP contribution in [0.4, 0.5) is 4.79 Å². The van der Waals surface area contributed by atoms with Gasteiger partial charge < -0.3 is 14.8 Å². The molecule has 110 valence electrons. The van der Waals surface area contributed by atoms with Crippen LogP contribution < -0.4 is 5.32 Å². The van der Waals surface area contributed by atoms with Gasteiger partial charge in [0.1, 0.15) is 11.9 Å². The van der Waals surface area contributed by atoms with Gasteiger partial charge in [-0.2, -0.15) is 0 Å². The van der Waals surface area contributed by atoms with Gasteiger partial charge in [-0.25, -0.2) is 4.79 Å². The van der Waals surface area contributed by atoms with Gasteiger partial charge in [-0.05, 0) is 32.8 Å². The van der Waals surface area contributed by atoms with Gasteiger partial charge in [0, 0.05) is 5.92 Å². The fourth-order valence-electron chi connectivity index (χ4n) is 1.94. The Bertz CT molecular complexity index is 437. The number of amides is 1. The predicted molar refractivity (Wildman–Crippen MR) is 78.4 cm³/mol. The highest BCUT2D eigenvalue weighted by molar-refractivity contribution is 5.69. The van der Waals surface area contributed by atoms with Gasteiger partial charge in [-0.1, -0.05) is 37.3 Å². The van der Waals surface area contributed by atoms with Crippen molar-refractivity contribution >= 4 is 12.4 Å². The molecule has 0 heterocycles. The normalized spacial score (nSPS) is 14.2. The molecule has 0 spiro atoms. The Hall–Kier alpha value is -1.84. The van der Waals surface area contributed by atoms with Crippen molar-refractivity contribution in [2.75, 3.05) is 0 Å². The number of nitrogens with one attached hydrogen (secondary N) is 1. The highest BCUT2D eigenvalue weighted by Crippen LogP contribution is 2.23. The number of benzene rings is 1. The van der Waals surface area contributed by atoms with E-state index in [1.54, 1.807) is 20.8 Å². The molecule has 2 atom stereocenters. The third-order valence-corrected chi connectivity index (χ3v) is 2.91. The molecule has 0 aliphatic carbocycles. The largest absolute Gasteiger partial charge is 0.444 e. The maximum atomic E-state index is 11.9. The van der Waals surface area contributed by atoms with Crippen LogP contribution in [0, 0.1) is 5.92 Å². The Kier molecular flexibility index (Phi) is 5.74. The van der Waals surface area contributed by atoms with Gasteiger partial charge in [-0.15, -0.1) is 0 Å². The van der Waals surface area contributed by atoms with E-state index in [2.05, 4.69) is 5.32 Å². The number of rotatable bonds is 5. The Morgan fingerprint density at radius 1 is 1.30 bits per heavy atom. The molecule has 0 saturated heterocycles. The summed E-state index contributed by atoms with van der Waals surface area (Å²) in [5.74, 6) is -0.273. The maximum absolute atomic E-state index is 11.9. The standard InChI is InChI=1S/C16H23NO3/c1-5-12(11-18)14(13-9-7-6-8-10-13)17-15(19)20-16(2,3)4/h6-12,14H,5H2,1-4H3,(H,17,19)/t12-,14+/m0/s1. The second-order valence-corrected chi connectivity index (χ2v) is 5.74. The van der Waals surface area contributed by atoms with Crippen molar-refractivity contribution in [3.63, 3.8) is 0 Å². The molecule has 20 heavy (non-hydrogen) atoms. The van der Waals surface area contributed by atoms with Crippen LogP contribution in [0.3, 0.4) is 0 Å². The third kappa shape index (κ3) is 5.03. The number of carbonyl (C=O) groups is 2. The molecule has 1 aromatic rings. The van der Waals surface area contributed by atoms with Crippen LogP contribution in [0.5, 0.6) is 0 Å². The lowest BCUT2D eigenvalue weighted by Gasteiger charge is -2.26. The second-order valence-electron chi connectivity index (χ2n) is 5.74. The molecule has 0 unspecified atom stereocenters. The molecule has 0 fully saturated rings. The zero-order valence-electron chi connectivity index (χ0n) is 12.6. The van der Waals surface area contributed by atoms with E-state index in [9.17, 15) is 9.59 Å². The van der Waals surface area contributed by atoms with Gasteiger partial charge in [0.15, 0.2) is 0 Å². The van der Waals surface area contributed by atoms with Gasteiger partial charge >= 0.3 is 6.09 Å². The van der Waals surface area contributed by atoms with Crippen molar-refractivity contribution in [2.45, 2.75) is 45.8 Å². The first-order valence-electron chi connectivity index (χ1n) is 6.87. The van der Waals surface area contributed by atoms with Gasteiger partial charge in [0.25, 0.3) is 0 Å². The fraction of sp³-hybridized carbons (Fsp3) is 0.500. The SMILES string of the molecule is CC[C@@H](C=O)[C@@H](NC(=O)OC(C)(C)C)c1ccccc1. The number of ether oxygens (including phenoxy) is 1. The average Bonchev–Trinajstić information content (AvgIpc) is 2.38. The lowest BCUT2D eigenvalue weighted by atomic mass is 9.92. The molecule has 4 heteroatoms. The second kappa shape index (κ2) is 7.08. The summed E-state index contributed by atoms with van der Waals surface area (Å²) in [6, 6.07) is 9.10. The zero-order valence-corrected chi connectivity index (χ0v) is 12.6. The lowest BCUT2D eigenvalue weighted by Crippen LogP contribution is -2.38. The molecule has 0 aliphatic heterocycles. The molecule has 0 radical (unpaired) electrons. The minimum atomic E-state index is -0.561. The third-order valence-electron chi connectivity index (χ3n) is 2.91. The minimum Gasteiger partial charge on any atom is -0.444 e. The molecule has 1 N–H and O–H groups in total. The summed E-state index contributed by atoms with van der Waals surface area (Å²) in [6.45, 7) is 7.34. The van der Waals surface area contributed by atoms with Crippen molar-refractivity contribution in [1.29, 1.82) is 0 Å². The molecular formula is C16H23NO3. The van der Waals surface area contributed by atoms with E-state index < -0.39 is 11.7 Å². The van der Waals surface area contributed by atoms with E-state index in [0.29, 0.717) is 6.42 Å². The van der Waals surface area contributed by atoms with E-state index in [0.717, 1.165) is 11.8 Å². The maximum Gasteiger partial charge on any atom is 0.408 e. The van der Waals surface area contributed by atoms with Crippen LogP contribution in [-0.4, -0.2) is 18.0 Å². The van der Waals surface area contributed by atoms with Gasteiger partial charge in [0.05, 0.1) is 6.04 Å². The van der Waals surface area contributed by atoms with Crippen molar-refractivity contribution in [1.82, 2.24) is 5.32 Å². The molecule has 1 aromatic carbocycles. The smallest absolute Gasteiger partial charge is 0.408 e. The van der Waals surface area contributed by atoms with Crippen molar-refractivity contribution in [2.24, 2.45) is 5.92 Å². The van der Waals surface area contributed by atoms with E-state index >= 15 is 0 Å². The quantitative estimate of drug-likeness (QED) is 0.838. The van der Waals surface area contributed by atoms with Crippen molar-refractivity contribution in [3.8, 4) is 0 Å². The summed E-state index contributed by atoms with van der Waals surface area (Å²) in [4.78, 5) is 23.2. The summed E-state index contributed by atoms with van der Waals surface area (Å²) in [7, 11) is 0. The molecule has 0 saturated carbocycles. The average molecular weight is 277 g/mol. The summed E-state index contributed by atoms with van der Waals surface area (Å²) in [5, 5.41) is 2.80. The van der Waals surface area contributed by atoms with Crippen LogP contribution in [0.25, 0.3) is 0 Å². The van der Waals surface area contributed by atoms with Crippen LogP contribution in [0.1, 0.15) is 45.7 Å². The summed E-state index contributed by atoms with van der Waals surface area (Å²) in [5.41, 5.74) is 0.339. The number of aldehydes is 1. The number of carbonyl (C=O) groups excluding carboxylic acids is 2. The number of hydrogen-bond donors (Lipinski definition) is 1. The number of hydrogen-bond acceptors (Lipinski definition) is 3. The van der Waals surface area contributed by atoms with Gasteiger partial charge in [0.2, 0.25) is 0 Å². The topological polar surface area (TPSA) is 55.4 Å². The van der Waals surface area contributed by atoms with E-state index in [4.69, 9.17) is 4.74 Å². The summed E-state index contributed by atoms with van der Waals surface area (Å²) in [6.07, 6.45) is 1.03. The minimum absolute atomic E-state index is 0.273. The molecule has 0 bridgehead atoms. The highest BCUT2D eigenvalue weighted by Gasteiger charge is 2.25. The molecule has 0 aliphatic rings. The van der Waals surface area contributed by atoms with Gasteiger partial charge in [-0.3, -0.25) is 0 Å². The van der Waals surface area contributed by atoms with Crippen molar-refractivity contribution < 1.29 is 14.3 Å². The first kappa shape index (κ1) is 16.2. The molecular weight excluding hydrogens is 254 g/mol. The summed E-state index contributed by atoms with van der Waals surface area (Å²) >= 11 is 0. The Balaban J connectivity index is 2.89. The summed E-state index contributed by atoms with van der Waals surface area (Å²) < 4.78 is 5.26. The first-order chi connectivity index (χ1) is 9.37. The first-order valence-corrected chi connectivity index (χ1v) is 6.87. The fourth-order valence-corrected chi connectivity index (χ4v) is 1.94. The van der Waals surface area contributed by atoms with Crippen LogP contribution in [0.15, 0.2) is 30.3 Å². The molecule has 0 aromatic heterocycles. The Morgan fingerprint density at radius 2 is 1.90 bits per heavy atom. The molecule has 1 amide bonds. The van der Waals surface area contributed by atoms with Crippen LogP contribution in [0.2, 0.25) is 0 Å². The van der Waals surface area contributed by atoms with E-state index in [-0.39, 0.29) is 12.0 Å². The zero-order chi connectivity index (χ0) is 15.2. The highest BCUT2D eigenvalue weighted by atomic mass is 16.6. The molecule has 1 rings (SSSR count). The van der Waals surface area contributed by atoms with E-state index in [1.807, 2.05) is 37.3 Å². The van der Waals surface area contributed by atoms with E-state index in [1.165, 1.54) is 0 Å².